The van der Waals surface area contributed by atoms with Crippen molar-refractivity contribution in [3.63, 3.8) is 0 Å². The molecule has 2 aromatic rings. The van der Waals surface area contributed by atoms with E-state index in [1.165, 1.54) is 11.8 Å². The number of thioether (sulfide) groups is 1. The zero-order valence-electron chi connectivity index (χ0n) is 13.4. The Kier molecular flexibility index (Phi) is 4.89. The number of esters is 2. The van der Waals surface area contributed by atoms with Crippen LogP contribution in [0.15, 0.2) is 33.7 Å². The fourth-order valence-corrected chi connectivity index (χ4v) is 3.59. The molecule has 0 saturated carbocycles. The summed E-state index contributed by atoms with van der Waals surface area (Å²) in [6.45, 7) is 4.04. The maximum Gasteiger partial charge on any atom is 0.347 e. The number of rotatable bonds is 5. The highest BCUT2D eigenvalue weighted by Crippen LogP contribution is 2.29. The van der Waals surface area contributed by atoms with Gasteiger partial charge < -0.3 is 14.0 Å². The van der Waals surface area contributed by atoms with Crippen molar-refractivity contribution >= 4 is 23.7 Å². The second-order valence-corrected chi connectivity index (χ2v) is 6.45. The minimum atomic E-state index is -0.807. The Bertz CT molecular complexity index is 751. The highest BCUT2D eigenvalue weighted by Gasteiger charge is 2.31. The highest BCUT2D eigenvalue weighted by molar-refractivity contribution is 7.98. The third kappa shape index (κ3) is 3.46. The molecule has 0 N–H and O–H groups in total. The molecule has 3 rings (SSSR count). The summed E-state index contributed by atoms with van der Waals surface area (Å²) in [4.78, 5) is 24.6. The molecule has 1 saturated heterocycles. The van der Waals surface area contributed by atoms with E-state index in [2.05, 4.69) is 5.16 Å². The second kappa shape index (κ2) is 7.09. The molecule has 6 nitrogen and oxygen atoms in total. The second-order valence-electron chi connectivity index (χ2n) is 5.44. The minimum Gasteiger partial charge on any atom is -0.463 e. The van der Waals surface area contributed by atoms with E-state index in [-0.39, 0.29) is 0 Å². The number of aromatic nitrogens is 1. The summed E-state index contributed by atoms with van der Waals surface area (Å²) in [7, 11) is 0. The monoisotopic (exact) mass is 347 g/mol. The molecule has 1 aromatic carbocycles. The molecule has 1 aliphatic rings. The van der Waals surface area contributed by atoms with Crippen molar-refractivity contribution in [2.24, 2.45) is 0 Å². The molecule has 0 bridgehead atoms. The van der Waals surface area contributed by atoms with E-state index < -0.39 is 18.0 Å². The predicted molar refractivity (Wildman–Crippen MR) is 86.8 cm³/mol. The van der Waals surface area contributed by atoms with Crippen molar-refractivity contribution in [1.82, 2.24) is 5.16 Å². The van der Waals surface area contributed by atoms with E-state index in [4.69, 9.17) is 14.0 Å². The lowest BCUT2D eigenvalue weighted by Gasteiger charge is -2.11. The summed E-state index contributed by atoms with van der Waals surface area (Å²) in [5.41, 5.74) is 2.30. The quantitative estimate of drug-likeness (QED) is 0.607. The van der Waals surface area contributed by atoms with E-state index >= 15 is 0 Å². The van der Waals surface area contributed by atoms with E-state index in [0.717, 1.165) is 21.9 Å². The number of hydrogen-bond acceptors (Lipinski definition) is 7. The Morgan fingerprint density at radius 1 is 1.38 bits per heavy atom. The molecule has 2 heterocycles. The van der Waals surface area contributed by atoms with Gasteiger partial charge in [0.1, 0.15) is 5.76 Å². The molecule has 1 aliphatic heterocycles. The minimum absolute atomic E-state index is 0.291. The average Bonchev–Trinajstić information content (AvgIpc) is 3.12. The van der Waals surface area contributed by atoms with Crippen molar-refractivity contribution in [1.29, 1.82) is 0 Å². The Hall–Kier alpha value is -2.28. The number of cyclic esters (lactones) is 1. The SMILES string of the molecule is Cc1noc(C)c1CSc1ccccc1C(=O)O[C@H]1CCOC1=O. The van der Waals surface area contributed by atoms with Gasteiger partial charge in [0.25, 0.3) is 0 Å². The van der Waals surface area contributed by atoms with Crippen molar-refractivity contribution in [3.05, 3.63) is 46.8 Å². The Morgan fingerprint density at radius 2 is 2.17 bits per heavy atom. The van der Waals surface area contributed by atoms with Crippen LogP contribution in [-0.2, 0) is 20.0 Å². The normalized spacial score (nSPS) is 16.9. The van der Waals surface area contributed by atoms with Gasteiger partial charge >= 0.3 is 11.9 Å². The molecule has 0 unspecified atom stereocenters. The standard InChI is InChI=1S/C17H17NO5S/c1-10-13(11(2)23-18-10)9-24-15-6-4-3-5-12(15)16(19)22-14-7-8-21-17(14)20/h3-6,14H,7-9H2,1-2H3/t14-/m0/s1. The largest absolute Gasteiger partial charge is 0.463 e. The molecule has 1 aromatic heterocycles. The van der Waals surface area contributed by atoms with E-state index in [0.29, 0.717) is 24.3 Å². The Morgan fingerprint density at radius 3 is 2.83 bits per heavy atom. The first-order valence-corrected chi connectivity index (χ1v) is 8.56. The molecule has 0 radical (unpaired) electrons. The number of ether oxygens (including phenoxy) is 2. The van der Waals surface area contributed by atoms with Crippen molar-refractivity contribution in [2.75, 3.05) is 6.61 Å². The molecule has 24 heavy (non-hydrogen) atoms. The van der Waals surface area contributed by atoms with Crippen molar-refractivity contribution in [2.45, 2.75) is 37.0 Å². The van der Waals surface area contributed by atoms with Gasteiger partial charge in [-0.2, -0.15) is 0 Å². The number of carbonyl (C=O) groups is 2. The summed E-state index contributed by atoms with van der Waals surface area (Å²) < 4.78 is 15.2. The van der Waals surface area contributed by atoms with Gasteiger partial charge in [-0.1, -0.05) is 17.3 Å². The Balaban J connectivity index is 1.73. The van der Waals surface area contributed by atoms with E-state index in [1.54, 1.807) is 12.1 Å². The van der Waals surface area contributed by atoms with Gasteiger partial charge in [0.15, 0.2) is 0 Å². The molecule has 0 spiro atoms. The summed E-state index contributed by atoms with van der Waals surface area (Å²) in [5.74, 6) is 0.412. The van der Waals surface area contributed by atoms with E-state index in [1.807, 2.05) is 26.0 Å². The van der Waals surface area contributed by atoms with Crippen LogP contribution >= 0.6 is 11.8 Å². The van der Waals surface area contributed by atoms with Crippen LogP contribution in [0.5, 0.6) is 0 Å². The summed E-state index contributed by atoms with van der Waals surface area (Å²) in [5, 5.41) is 3.93. The fourth-order valence-electron chi connectivity index (χ4n) is 2.40. The van der Waals surface area contributed by atoms with Crippen LogP contribution in [0.3, 0.4) is 0 Å². The van der Waals surface area contributed by atoms with Gasteiger partial charge in [-0.25, -0.2) is 9.59 Å². The van der Waals surface area contributed by atoms with Crippen LogP contribution in [0.1, 0.15) is 33.8 Å². The molecule has 0 amide bonds. The lowest BCUT2D eigenvalue weighted by Crippen LogP contribution is -2.23. The molecule has 0 aliphatic carbocycles. The van der Waals surface area contributed by atoms with Crippen LogP contribution in [0.4, 0.5) is 0 Å². The molecule has 126 valence electrons. The van der Waals surface area contributed by atoms with E-state index in [9.17, 15) is 9.59 Å². The maximum absolute atomic E-state index is 12.4. The molecule has 1 fully saturated rings. The number of aryl methyl sites for hydroxylation is 2. The molecular weight excluding hydrogens is 330 g/mol. The summed E-state index contributed by atoms with van der Waals surface area (Å²) in [6.07, 6.45) is -0.406. The number of hydrogen-bond donors (Lipinski definition) is 0. The molecular formula is C17H17NO5S. The number of carbonyl (C=O) groups excluding carboxylic acids is 2. The number of nitrogens with zero attached hydrogens (tertiary/aromatic N) is 1. The van der Waals surface area contributed by atoms with Crippen LogP contribution < -0.4 is 0 Å². The summed E-state index contributed by atoms with van der Waals surface area (Å²) in [6, 6.07) is 7.17. The number of benzene rings is 1. The predicted octanol–water partition coefficient (Wildman–Crippen LogP) is 3.06. The smallest absolute Gasteiger partial charge is 0.347 e. The van der Waals surface area contributed by atoms with Gasteiger partial charge in [0.2, 0.25) is 6.10 Å². The summed E-state index contributed by atoms with van der Waals surface area (Å²) >= 11 is 1.50. The first-order chi connectivity index (χ1) is 11.6. The third-order valence-corrected chi connectivity index (χ3v) is 4.90. The van der Waals surface area contributed by atoms with Gasteiger partial charge in [0, 0.05) is 22.6 Å². The van der Waals surface area contributed by atoms with Crippen LogP contribution in [0.2, 0.25) is 0 Å². The lowest BCUT2D eigenvalue weighted by molar-refractivity contribution is -0.145. The van der Waals surface area contributed by atoms with Gasteiger partial charge in [-0.15, -0.1) is 11.8 Å². The topological polar surface area (TPSA) is 78.6 Å². The molecule has 7 heteroatoms. The zero-order chi connectivity index (χ0) is 17.1. The lowest BCUT2D eigenvalue weighted by atomic mass is 10.2. The molecule has 1 atom stereocenters. The first kappa shape index (κ1) is 16.6. The van der Waals surface area contributed by atoms with Crippen LogP contribution in [0.25, 0.3) is 0 Å². The van der Waals surface area contributed by atoms with Gasteiger partial charge in [-0.3, -0.25) is 0 Å². The van der Waals surface area contributed by atoms with Crippen LogP contribution in [0, 0.1) is 13.8 Å². The average molecular weight is 347 g/mol. The maximum atomic E-state index is 12.4. The van der Waals surface area contributed by atoms with Crippen molar-refractivity contribution < 1.29 is 23.6 Å². The van der Waals surface area contributed by atoms with Gasteiger partial charge in [-0.05, 0) is 26.0 Å². The highest BCUT2D eigenvalue weighted by atomic mass is 32.2. The first-order valence-electron chi connectivity index (χ1n) is 7.57. The van der Waals surface area contributed by atoms with Gasteiger partial charge in [0.05, 0.1) is 17.9 Å². The van der Waals surface area contributed by atoms with Crippen molar-refractivity contribution in [3.8, 4) is 0 Å². The Labute approximate surface area is 143 Å². The third-order valence-electron chi connectivity index (χ3n) is 3.80. The fraction of sp³-hybridized carbons (Fsp3) is 0.353. The van der Waals surface area contributed by atoms with Crippen LogP contribution in [-0.4, -0.2) is 29.8 Å². The zero-order valence-corrected chi connectivity index (χ0v) is 14.2.